The number of rotatable bonds is 6. The third-order valence-electron chi connectivity index (χ3n) is 1.84. The Balaban J connectivity index is 2.49. The zero-order valence-electron chi connectivity index (χ0n) is 9.16. The van der Waals surface area contributed by atoms with Gasteiger partial charge in [-0.2, -0.15) is 0 Å². The molecule has 0 saturated carbocycles. The number of anilines is 1. The molecule has 0 radical (unpaired) electrons. The molecule has 2 N–H and O–H groups in total. The molecule has 0 saturated heterocycles. The van der Waals surface area contributed by atoms with Gasteiger partial charge in [-0.3, -0.25) is 0 Å². The Bertz CT molecular complexity index is 302. The first-order chi connectivity index (χ1) is 7.26. The molecule has 84 valence electrons. The van der Waals surface area contributed by atoms with Crippen LogP contribution in [-0.2, 0) is 4.74 Å². The Morgan fingerprint density at radius 2 is 1.87 bits per heavy atom. The van der Waals surface area contributed by atoms with Gasteiger partial charge in [0.25, 0.3) is 0 Å². The number of nitrogens with two attached hydrogens (primary N) is 1. The summed E-state index contributed by atoms with van der Waals surface area (Å²) in [5.74, 6) is 1.40. The van der Waals surface area contributed by atoms with Crippen molar-refractivity contribution in [3.05, 3.63) is 18.2 Å². The second-order valence-electron chi connectivity index (χ2n) is 2.99. The lowest BCUT2D eigenvalue weighted by molar-refractivity contribution is 0.110. The predicted molar refractivity (Wildman–Crippen MR) is 59.4 cm³/mol. The molecule has 1 aromatic rings. The molecule has 0 aliphatic rings. The van der Waals surface area contributed by atoms with E-state index in [9.17, 15) is 0 Å². The summed E-state index contributed by atoms with van der Waals surface area (Å²) >= 11 is 0. The fourth-order valence-corrected chi connectivity index (χ4v) is 1.16. The second kappa shape index (κ2) is 6.14. The first-order valence-corrected chi connectivity index (χ1v) is 4.91. The topological polar surface area (TPSA) is 53.7 Å². The van der Waals surface area contributed by atoms with Gasteiger partial charge < -0.3 is 19.9 Å². The highest BCUT2D eigenvalue weighted by molar-refractivity contribution is 5.50. The number of methoxy groups -OCH3 is 1. The average molecular weight is 211 g/mol. The van der Waals surface area contributed by atoms with Crippen molar-refractivity contribution in [1.29, 1.82) is 0 Å². The van der Waals surface area contributed by atoms with E-state index in [4.69, 9.17) is 19.9 Å². The largest absolute Gasteiger partial charge is 0.497 e. The van der Waals surface area contributed by atoms with Crippen molar-refractivity contribution in [2.24, 2.45) is 0 Å². The summed E-state index contributed by atoms with van der Waals surface area (Å²) in [7, 11) is 1.60. The van der Waals surface area contributed by atoms with E-state index in [1.165, 1.54) is 0 Å². The molecule has 0 spiro atoms. The number of nitrogen functional groups attached to an aromatic ring is 1. The van der Waals surface area contributed by atoms with Crippen LogP contribution in [0.4, 0.5) is 5.69 Å². The van der Waals surface area contributed by atoms with E-state index in [-0.39, 0.29) is 0 Å². The molecule has 15 heavy (non-hydrogen) atoms. The van der Waals surface area contributed by atoms with E-state index in [1.54, 1.807) is 25.3 Å². The van der Waals surface area contributed by atoms with Gasteiger partial charge in [-0.15, -0.1) is 0 Å². The van der Waals surface area contributed by atoms with Gasteiger partial charge in [0.05, 0.1) is 13.7 Å². The maximum atomic E-state index is 5.67. The average Bonchev–Trinajstić information content (AvgIpc) is 2.23. The zero-order valence-corrected chi connectivity index (χ0v) is 9.16. The standard InChI is InChI=1S/C11H17NO3/c1-3-14-4-5-15-11-7-9(12)6-10(8-11)13-2/h6-8H,3-5,12H2,1-2H3. The molecule has 0 aliphatic heterocycles. The van der Waals surface area contributed by atoms with Crippen LogP contribution in [0.25, 0.3) is 0 Å². The lowest BCUT2D eigenvalue weighted by atomic mass is 10.3. The van der Waals surface area contributed by atoms with Gasteiger partial charge in [0, 0.05) is 30.5 Å². The molecule has 4 nitrogen and oxygen atoms in total. The number of ether oxygens (including phenoxy) is 3. The highest BCUT2D eigenvalue weighted by Gasteiger charge is 1.99. The minimum atomic E-state index is 0.514. The first kappa shape index (κ1) is 11.7. The van der Waals surface area contributed by atoms with Crippen LogP contribution in [-0.4, -0.2) is 26.9 Å². The summed E-state index contributed by atoms with van der Waals surface area (Å²) in [5.41, 5.74) is 6.30. The molecular weight excluding hydrogens is 194 g/mol. The lowest BCUT2D eigenvalue weighted by Gasteiger charge is -2.08. The fraction of sp³-hybridized carbons (Fsp3) is 0.455. The molecule has 1 rings (SSSR count). The van der Waals surface area contributed by atoms with E-state index in [1.807, 2.05) is 6.92 Å². The molecule has 4 heteroatoms. The molecule has 0 bridgehead atoms. The van der Waals surface area contributed by atoms with Crippen molar-refractivity contribution in [2.45, 2.75) is 6.92 Å². The molecular formula is C11H17NO3. The van der Waals surface area contributed by atoms with Crippen LogP contribution in [0.2, 0.25) is 0 Å². The lowest BCUT2D eigenvalue weighted by Crippen LogP contribution is -2.06. The van der Waals surface area contributed by atoms with E-state index in [0.29, 0.717) is 37.0 Å². The normalized spacial score (nSPS) is 10.0. The predicted octanol–water partition coefficient (Wildman–Crippen LogP) is 1.69. The van der Waals surface area contributed by atoms with Crippen molar-refractivity contribution in [1.82, 2.24) is 0 Å². The summed E-state index contributed by atoms with van der Waals surface area (Å²) in [6.45, 7) is 3.74. The van der Waals surface area contributed by atoms with Crippen LogP contribution in [0.3, 0.4) is 0 Å². The molecule has 0 fully saturated rings. The van der Waals surface area contributed by atoms with Crippen LogP contribution in [0, 0.1) is 0 Å². The molecule has 0 aromatic heterocycles. The van der Waals surface area contributed by atoms with Crippen molar-refractivity contribution in [3.8, 4) is 11.5 Å². The van der Waals surface area contributed by atoms with Crippen LogP contribution in [0.5, 0.6) is 11.5 Å². The zero-order chi connectivity index (χ0) is 11.1. The summed E-state index contributed by atoms with van der Waals surface area (Å²) in [6, 6.07) is 5.30. The monoisotopic (exact) mass is 211 g/mol. The van der Waals surface area contributed by atoms with Crippen molar-refractivity contribution in [3.63, 3.8) is 0 Å². The minimum absolute atomic E-state index is 0.514. The van der Waals surface area contributed by atoms with Crippen LogP contribution < -0.4 is 15.2 Å². The van der Waals surface area contributed by atoms with Gasteiger partial charge in [-0.1, -0.05) is 0 Å². The van der Waals surface area contributed by atoms with E-state index in [2.05, 4.69) is 0 Å². The quantitative estimate of drug-likeness (QED) is 0.574. The van der Waals surface area contributed by atoms with Gasteiger partial charge in [0.15, 0.2) is 0 Å². The van der Waals surface area contributed by atoms with Crippen LogP contribution in [0.1, 0.15) is 6.92 Å². The van der Waals surface area contributed by atoms with Gasteiger partial charge in [0.1, 0.15) is 18.1 Å². The number of benzene rings is 1. The minimum Gasteiger partial charge on any atom is -0.497 e. The fourth-order valence-electron chi connectivity index (χ4n) is 1.16. The van der Waals surface area contributed by atoms with Gasteiger partial charge in [-0.25, -0.2) is 0 Å². The Hall–Kier alpha value is -1.42. The first-order valence-electron chi connectivity index (χ1n) is 4.91. The smallest absolute Gasteiger partial charge is 0.125 e. The maximum Gasteiger partial charge on any atom is 0.125 e. The number of hydrogen-bond donors (Lipinski definition) is 1. The van der Waals surface area contributed by atoms with Crippen molar-refractivity contribution >= 4 is 5.69 Å². The van der Waals surface area contributed by atoms with Crippen molar-refractivity contribution in [2.75, 3.05) is 32.7 Å². The Kier molecular flexibility index (Phi) is 4.77. The maximum absolute atomic E-state index is 5.67. The number of hydrogen-bond acceptors (Lipinski definition) is 4. The highest BCUT2D eigenvalue weighted by Crippen LogP contribution is 2.23. The van der Waals surface area contributed by atoms with E-state index in [0.717, 1.165) is 0 Å². The van der Waals surface area contributed by atoms with Crippen molar-refractivity contribution < 1.29 is 14.2 Å². The molecule has 0 unspecified atom stereocenters. The third kappa shape index (κ3) is 4.08. The third-order valence-corrected chi connectivity index (χ3v) is 1.84. The van der Waals surface area contributed by atoms with E-state index < -0.39 is 0 Å². The second-order valence-corrected chi connectivity index (χ2v) is 2.99. The Morgan fingerprint density at radius 3 is 2.53 bits per heavy atom. The molecule has 0 aliphatic carbocycles. The molecule has 0 atom stereocenters. The van der Waals surface area contributed by atoms with Gasteiger partial charge in [-0.05, 0) is 6.92 Å². The highest BCUT2D eigenvalue weighted by atomic mass is 16.5. The molecule has 0 heterocycles. The Labute approximate surface area is 89.9 Å². The molecule has 1 aromatic carbocycles. The van der Waals surface area contributed by atoms with Crippen LogP contribution in [0.15, 0.2) is 18.2 Å². The summed E-state index contributed by atoms with van der Waals surface area (Å²) in [5, 5.41) is 0. The molecule has 0 amide bonds. The Morgan fingerprint density at radius 1 is 1.13 bits per heavy atom. The van der Waals surface area contributed by atoms with Gasteiger partial charge in [0.2, 0.25) is 0 Å². The SMILES string of the molecule is CCOCCOc1cc(N)cc(OC)c1. The van der Waals surface area contributed by atoms with Gasteiger partial charge >= 0.3 is 0 Å². The summed E-state index contributed by atoms with van der Waals surface area (Å²) < 4.78 is 15.7. The summed E-state index contributed by atoms with van der Waals surface area (Å²) in [4.78, 5) is 0. The summed E-state index contributed by atoms with van der Waals surface area (Å²) in [6.07, 6.45) is 0. The van der Waals surface area contributed by atoms with Crippen LogP contribution >= 0.6 is 0 Å². The van der Waals surface area contributed by atoms with E-state index >= 15 is 0 Å².